The summed E-state index contributed by atoms with van der Waals surface area (Å²) in [5.74, 6) is -2.44. The summed E-state index contributed by atoms with van der Waals surface area (Å²) in [5, 5.41) is 38.5. The number of carboxylic acids is 1. The van der Waals surface area contributed by atoms with E-state index in [1.54, 1.807) is 19.1 Å². The molecule has 1 aliphatic carbocycles. The van der Waals surface area contributed by atoms with Gasteiger partial charge in [-0.15, -0.1) is 0 Å². The highest BCUT2D eigenvalue weighted by molar-refractivity contribution is 5.83. The van der Waals surface area contributed by atoms with Crippen molar-refractivity contribution >= 4 is 11.9 Å². The largest absolute Gasteiger partial charge is 0.479 e. The third kappa shape index (κ3) is 7.24. The maximum Gasteiger partial charge on any atom is 0.335 e. The molecule has 1 aliphatic heterocycles. The molecule has 188 valence electrons. The third-order valence-electron chi connectivity index (χ3n) is 6.16. The standard InChI is InChI=1S/C26H36O8/c1-15(11-12-18-17(3)10-7-13-26(18,4)5)8-6-9-16(2)14-19(27)33-25-22(30)20(28)21(29)23(34-25)24(31)32/h6,8-9,11-12,14,20-23,25,28-30H,7,10,13H2,1-5H3,(H,31,32)/b9-6+,12-11+,15-8+,16-14+. The van der Waals surface area contributed by atoms with Gasteiger partial charge in [0.1, 0.15) is 18.3 Å². The number of hydrogen-bond donors (Lipinski definition) is 4. The van der Waals surface area contributed by atoms with E-state index in [0.29, 0.717) is 5.57 Å². The van der Waals surface area contributed by atoms with Crippen molar-refractivity contribution in [3.8, 4) is 0 Å². The van der Waals surface area contributed by atoms with Crippen LogP contribution in [0.4, 0.5) is 0 Å². The maximum absolute atomic E-state index is 12.2. The van der Waals surface area contributed by atoms with Crippen LogP contribution >= 0.6 is 0 Å². The van der Waals surface area contributed by atoms with E-state index >= 15 is 0 Å². The summed E-state index contributed by atoms with van der Waals surface area (Å²) in [6, 6.07) is 0. The Labute approximate surface area is 200 Å². The highest BCUT2D eigenvalue weighted by Gasteiger charge is 2.48. The molecule has 0 bridgehead atoms. The van der Waals surface area contributed by atoms with Gasteiger partial charge in [0.15, 0.2) is 6.10 Å². The predicted octanol–water partition coefficient (Wildman–Crippen LogP) is 2.95. The van der Waals surface area contributed by atoms with E-state index in [1.165, 1.54) is 24.0 Å². The van der Waals surface area contributed by atoms with Gasteiger partial charge in [0.05, 0.1) is 0 Å². The van der Waals surface area contributed by atoms with Crippen LogP contribution in [0.2, 0.25) is 0 Å². The Hall–Kier alpha value is -2.52. The van der Waals surface area contributed by atoms with Crippen LogP contribution in [-0.4, -0.2) is 63.1 Å². The number of carbonyl (C=O) groups is 2. The molecule has 0 spiro atoms. The zero-order chi connectivity index (χ0) is 25.6. The Morgan fingerprint density at radius 1 is 1.06 bits per heavy atom. The van der Waals surface area contributed by atoms with E-state index in [1.807, 2.05) is 13.0 Å². The summed E-state index contributed by atoms with van der Waals surface area (Å²) in [6.45, 7) is 10.4. The molecule has 0 aromatic carbocycles. The Kier molecular flexibility index (Phi) is 9.58. The zero-order valence-electron chi connectivity index (χ0n) is 20.4. The number of aliphatic carboxylic acids is 1. The number of esters is 1. The van der Waals surface area contributed by atoms with Crippen LogP contribution in [0.3, 0.4) is 0 Å². The first-order valence-corrected chi connectivity index (χ1v) is 11.4. The van der Waals surface area contributed by atoms with E-state index in [4.69, 9.17) is 14.6 Å². The van der Waals surface area contributed by atoms with Crippen LogP contribution < -0.4 is 0 Å². The highest BCUT2D eigenvalue weighted by atomic mass is 16.7. The molecular formula is C26H36O8. The highest BCUT2D eigenvalue weighted by Crippen LogP contribution is 2.40. The van der Waals surface area contributed by atoms with Gasteiger partial charge in [0, 0.05) is 6.08 Å². The second-order valence-corrected chi connectivity index (χ2v) is 9.59. The van der Waals surface area contributed by atoms with Gasteiger partial charge in [0.2, 0.25) is 6.29 Å². The van der Waals surface area contributed by atoms with Crippen LogP contribution in [0.15, 0.2) is 58.7 Å². The van der Waals surface area contributed by atoms with Gasteiger partial charge in [-0.2, -0.15) is 0 Å². The number of hydrogen-bond acceptors (Lipinski definition) is 7. The fourth-order valence-corrected chi connectivity index (χ4v) is 4.16. The Balaban J connectivity index is 1.98. The number of ether oxygens (including phenoxy) is 2. The number of allylic oxidation sites excluding steroid dienone is 9. The molecule has 2 aliphatic rings. The molecule has 4 N–H and O–H groups in total. The SMILES string of the molecule is CC1=C(/C=C/C(C)=C/C=C/C(C)=C/C(=O)OC2OC(C(=O)O)C(O)C(O)C2O)C(C)(C)CCC1. The van der Waals surface area contributed by atoms with Crippen LogP contribution in [0.1, 0.15) is 53.9 Å². The van der Waals surface area contributed by atoms with E-state index in [2.05, 4.69) is 32.9 Å². The summed E-state index contributed by atoms with van der Waals surface area (Å²) in [5.41, 5.74) is 4.56. The average Bonchev–Trinajstić information content (AvgIpc) is 2.73. The first-order valence-electron chi connectivity index (χ1n) is 11.4. The summed E-state index contributed by atoms with van der Waals surface area (Å²) in [7, 11) is 0. The summed E-state index contributed by atoms with van der Waals surface area (Å²) >= 11 is 0. The lowest BCUT2D eigenvalue weighted by Gasteiger charge is -2.37. The lowest BCUT2D eigenvalue weighted by molar-refractivity contribution is -0.284. The third-order valence-corrected chi connectivity index (χ3v) is 6.16. The first kappa shape index (κ1) is 27.7. The molecule has 8 heteroatoms. The van der Waals surface area contributed by atoms with Gasteiger partial charge in [0.25, 0.3) is 0 Å². The fourth-order valence-electron chi connectivity index (χ4n) is 4.16. The minimum Gasteiger partial charge on any atom is -0.479 e. The smallest absolute Gasteiger partial charge is 0.335 e. The molecular weight excluding hydrogens is 440 g/mol. The zero-order valence-corrected chi connectivity index (χ0v) is 20.4. The molecule has 1 heterocycles. The molecule has 0 aromatic heterocycles. The summed E-state index contributed by atoms with van der Waals surface area (Å²) in [6.07, 6.45) is 5.29. The summed E-state index contributed by atoms with van der Waals surface area (Å²) in [4.78, 5) is 23.3. The molecule has 2 rings (SSSR count). The Bertz CT molecular complexity index is 921. The minimum atomic E-state index is -1.85. The fraction of sp³-hybridized carbons (Fsp3) is 0.538. The van der Waals surface area contributed by atoms with Gasteiger partial charge in [-0.1, -0.05) is 55.4 Å². The van der Waals surface area contributed by atoms with E-state index in [-0.39, 0.29) is 5.41 Å². The lowest BCUT2D eigenvalue weighted by Crippen LogP contribution is -2.60. The van der Waals surface area contributed by atoms with E-state index in [0.717, 1.165) is 18.1 Å². The van der Waals surface area contributed by atoms with Crippen molar-refractivity contribution in [3.05, 3.63) is 58.7 Å². The normalized spacial score (nSPS) is 30.8. The van der Waals surface area contributed by atoms with Crippen molar-refractivity contribution in [2.24, 2.45) is 5.41 Å². The van der Waals surface area contributed by atoms with E-state index < -0.39 is 42.6 Å². The van der Waals surface area contributed by atoms with Gasteiger partial charge >= 0.3 is 11.9 Å². The second kappa shape index (κ2) is 11.8. The molecule has 0 saturated carbocycles. The van der Waals surface area contributed by atoms with Gasteiger partial charge < -0.3 is 29.9 Å². The molecule has 8 nitrogen and oxygen atoms in total. The topological polar surface area (TPSA) is 134 Å². The van der Waals surface area contributed by atoms with Gasteiger partial charge in [-0.05, 0) is 56.6 Å². The number of aliphatic hydroxyl groups excluding tert-OH is 3. The lowest BCUT2D eigenvalue weighted by atomic mass is 9.72. The second-order valence-electron chi connectivity index (χ2n) is 9.59. The van der Waals surface area contributed by atoms with Crippen molar-refractivity contribution in [2.45, 2.75) is 84.6 Å². The minimum absolute atomic E-state index is 0.170. The van der Waals surface area contributed by atoms with Crippen molar-refractivity contribution in [2.75, 3.05) is 0 Å². The van der Waals surface area contributed by atoms with Crippen LogP contribution in [0.25, 0.3) is 0 Å². The van der Waals surface area contributed by atoms with Crippen molar-refractivity contribution in [1.29, 1.82) is 0 Å². The maximum atomic E-state index is 12.2. The molecule has 0 aromatic rings. The molecule has 34 heavy (non-hydrogen) atoms. The van der Waals surface area contributed by atoms with Crippen molar-refractivity contribution in [1.82, 2.24) is 0 Å². The van der Waals surface area contributed by atoms with Crippen LogP contribution in [0, 0.1) is 5.41 Å². The van der Waals surface area contributed by atoms with Gasteiger partial charge in [-0.3, -0.25) is 0 Å². The number of aliphatic hydroxyl groups is 3. The molecule has 1 saturated heterocycles. The monoisotopic (exact) mass is 476 g/mol. The number of carboxylic acid groups (broad SMARTS) is 1. The molecule has 5 unspecified atom stereocenters. The molecule has 1 fully saturated rings. The van der Waals surface area contributed by atoms with E-state index in [9.17, 15) is 24.9 Å². The molecule has 0 amide bonds. The van der Waals surface area contributed by atoms with Crippen LogP contribution in [-0.2, 0) is 19.1 Å². The quantitative estimate of drug-likeness (QED) is 0.250. The Morgan fingerprint density at radius 3 is 2.35 bits per heavy atom. The Morgan fingerprint density at radius 2 is 1.74 bits per heavy atom. The predicted molar refractivity (Wildman–Crippen MR) is 127 cm³/mol. The van der Waals surface area contributed by atoms with Gasteiger partial charge in [-0.25, -0.2) is 9.59 Å². The molecule has 5 atom stereocenters. The average molecular weight is 477 g/mol. The summed E-state index contributed by atoms with van der Waals surface area (Å²) < 4.78 is 9.88. The molecule has 0 radical (unpaired) electrons. The van der Waals surface area contributed by atoms with Crippen LogP contribution in [0.5, 0.6) is 0 Å². The van der Waals surface area contributed by atoms with Crippen molar-refractivity contribution < 1.29 is 39.5 Å². The van der Waals surface area contributed by atoms with Crippen molar-refractivity contribution in [3.63, 3.8) is 0 Å². The first-order chi connectivity index (χ1) is 15.8. The number of carbonyl (C=O) groups excluding carboxylic acids is 1. The number of rotatable bonds is 7.